The van der Waals surface area contributed by atoms with Gasteiger partial charge in [0.1, 0.15) is 0 Å². The molecule has 0 atom stereocenters. The van der Waals surface area contributed by atoms with Crippen LogP contribution < -0.4 is 4.87 Å². The Morgan fingerprint density at radius 3 is 2.57 bits per heavy atom. The molecule has 1 aliphatic rings. The van der Waals surface area contributed by atoms with Crippen molar-refractivity contribution in [3.05, 3.63) is 27.1 Å². The van der Waals surface area contributed by atoms with E-state index in [1.807, 2.05) is 0 Å². The molecule has 1 aromatic heterocycles. The molecular formula is C9H11N2OSY-. The SMILES string of the molecule is O=c1[nH]c([C-]=C2CCCCC2)ns1.[Y]. The summed E-state index contributed by atoms with van der Waals surface area (Å²) in [6.45, 7) is 0. The molecule has 5 heteroatoms. The van der Waals surface area contributed by atoms with Gasteiger partial charge in [0.15, 0.2) is 0 Å². The van der Waals surface area contributed by atoms with Crippen LogP contribution in [0.3, 0.4) is 0 Å². The Morgan fingerprint density at radius 2 is 2.00 bits per heavy atom. The topological polar surface area (TPSA) is 45.8 Å². The zero-order valence-corrected chi connectivity index (χ0v) is 11.5. The molecule has 1 fully saturated rings. The molecule has 2 rings (SSSR count). The Bertz CT molecular complexity index is 361. The van der Waals surface area contributed by atoms with Crippen LogP contribution in [0.4, 0.5) is 0 Å². The van der Waals surface area contributed by atoms with Gasteiger partial charge >= 0.3 is 4.87 Å². The molecule has 1 N–H and O–H groups in total. The summed E-state index contributed by atoms with van der Waals surface area (Å²) in [5, 5.41) is 0. The van der Waals surface area contributed by atoms with E-state index in [1.165, 1.54) is 24.8 Å². The molecule has 0 aliphatic heterocycles. The van der Waals surface area contributed by atoms with E-state index >= 15 is 0 Å². The number of hydrogen-bond acceptors (Lipinski definition) is 3. The third kappa shape index (κ3) is 3.41. The van der Waals surface area contributed by atoms with Crippen LogP contribution in [-0.4, -0.2) is 9.36 Å². The molecule has 1 aliphatic carbocycles. The molecule has 0 aromatic carbocycles. The number of rotatable bonds is 1. The van der Waals surface area contributed by atoms with E-state index < -0.39 is 0 Å². The molecule has 0 amide bonds. The number of allylic oxidation sites excluding steroid dienone is 1. The molecule has 14 heavy (non-hydrogen) atoms. The summed E-state index contributed by atoms with van der Waals surface area (Å²) in [5.41, 5.74) is 1.30. The molecule has 3 nitrogen and oxygen atoms in total. The average molecular weight is 284 g/mol. The number of hydrogen-bond donors (Lipinski definition) is 1. The maximum absolute atomic E-state index is 10.8. The van der Waals surface area contributed by atoms with Crippen LogP contribution in [0.15, 0.2) is 10.4 Å². The molecule has 1 radical (unpaired) electrons. The first-order valence-corrected chi connectivity index (χ1v) is 5.29. The van der Waals surface area contributed by atoms with Crippen molar-refractivity contribution >= 4 is 11.5 Å². The predicted octanol–water partition coefficient (Wildman–Crippen LogP) is 1.87. The van der Waals surface area contributed by atoms with Gasteiger partial charge in [-0.05, 0) is 5.82 Å². The summed E-state index contributed by atoms with van der Waals surface area (Å²) in [6, 6.07) is 0. The first-order valence-electron chi connectivity index (χ1n) is 4.52. The number of aromatic nitrogens is 2. The summed E-state index contributed by atoms with van der Waals surface area (Å²) in [7, 11) is 0. The van der Waals surface area contributed by atoms with E-state index in [0.717, 1.165) is 24.4 Å². The Labute approximate surface area is 112 Å². The molecular weight excluding hydrogens is 273 g/mol. The Hall–Kier alpha value is 0.204. The molecule has 73 valence electrons. The standard InChI is InChI=1S/C9H11N2OS.Y/c12-9-10-8(11-13-9)6-7-4-2-1-3-5-7;/h1-5H2,(H,10,11,12);/q-1;. The number of nitrogens with one attached hydrogen (secondary N) is 1. The fourth-order valence-corrected chi connectivity index (χ4v) is 1.96. The van der Waals surface area contributed by atoms with E-state index in [0.29, 0.717) is 5.82 Å². The predicted molar refractivity (Wildman–Crippen MR) is 51.7 cm³/mol. The van der Waals surface area contributed by atoms with Crippen LogP contribution in [0.5, 0.6) is 0 Å². The Morgan fingerprint density at radius 1 is 1.29 bits per heavy atom. The number of aromatic amines is 1. The second-order valence-electron chi connectivity index (χ2n) is 3.23. The third-order valence-corrected chi connectivity index (χ3v) is 2.73. The molecule has 1 aromatic rings. The Balaban J connectivity index is 0.000000980. The summed E-state index contributed by atoms with van der Waals surface area (Å²) in [4.78, 5) is 13.3. The van der Waals surface area contributed by atoms with Crippen molar-refractivity contribution in [2.45, 2.75) is 32.1 Å². The van der Waals surface area contributed by atoms with Crippen molar-refractivity contribution < 1.29 is 32.7 Å². The van der Waals surface area contributed by atoms with Crippen LogP contribution >= 0.6 is 11.5 Å². The summed E-state index contributed by atoms with van der Waals surface area (Å²) < 4.78 is 3.95. The van der Waals surface area contributed by atoms with Crippen molar-refractivity contribution in [2.75, 3.05) is 0 Å². The first kappa shape index (κ1) is 12.3. The van der Waals surface area contributed by atoms with Crippen LogP contribution in [0.25, 0.3) is 0 Å². The van der Waals surface area contributed by atoms with E-state index in [2.05, 4.69) is 15.4 Å². The number of nitrogens with zero attached hydrogens (tertiary/aromatic N) is 1. The zero-order valence-electron chi connectivity index (χ0n) is 7.88. The molecule has 1 saturated carbocycles. The van der Waals surface area contributed by atoms with Gasteiger partial charge in [-0.2, -0.15) is 0 Å². The second-order valence-corrected chi connectivity index (χ2v) is 3.97. The van der Waals surface area contributed by atoms with E-state index in [9.17, 15) is 4.79 Å². The molecule has 0 bridgehead atoms. The fourth-order valence-electron chi connectivity index (χ4n) is 1.55. The van der Waals surface area contributed by atoms with E-state index in [4.69, 9.17) is 0 Å². The van der Waals surface area contributed by atoms with Crippen molar-refractivity contribution in [3.8, 4) is 0 Å². The maximum atomic E-state index is 10.8. The third-order valence-electron chi connectivity index (χ3n) is 2.19. The smallest absolute Gasteiger partial charge is 0.321 e. The van der Waals surface area contributed by atoms with Gasteiger partial charge in [-0.15, -0.1) is 0 Å². The Kier molecular flexibility index (Phi) is 5.20. The van der Waals surface area contributed by atoms with Crippen molar-refractivity contribution in [2.24, 2.45) is 0 Å². The minimum absolute atomic E-state index is 0. The summed E-state index contributed by atoms with van der Waals surface area (Å²) in [6.07, 6.45) is 9.20. The van der Waals surface area contributed by atoms with Gasteiger partial charge in [0.05, 0.1) is 0 Å². The van der Waals surface area contributed by atoms with E-state index in [-0.39, 0.29) is 37.6 Å². The van der Waals surface area contributed by atoms with Crippen molar-refractivity contribution in [1.82, 2.24) is 9.36 Å². The van der Waals surface area contributed by atoms with Gasteiger partial charge in [-0.1, -0.05) is 32.1 Å². The van der Waals surface area contributed by atoms with Gasteiger partial charge < -0.3 is 11.1 Å². The number of H-pyrrole nitrogens is 1. The van der Waals surface area contributed by atoms with Gasteiger partial charge in [0, 0.05) is 44.2 Å². The normalized spacial score (nSPS) is 16.1. The first-order chi connectivity index (χ1) is 6.34. The molecule has 0 spiro atoms. The van der Waals surface area contributed by atoms with Gasteiger partial charge in [0.25, 0.3) is 0 Å². The minimum Gasteiger partial charge on any atom is -0.427 e. The summed E-state index contributed by atoms with van der Waals surface area (Å²) >= 11 is 0.956. The quantitative estimate of drug-likeness (QED) is 0.800. The summed E-state index contributed by atoms with van der Waals surface area (Å²) in [5.74, 6) is 0.604. The van der Waals surface area contributed by atoms with Crippen LogP contribution in [0.2, 0.25) is 0 Å². The van der Waals surface area contributed by atoms with E-state index in [1.54, 1.807) is 0 Å². The molecule has 0 unspecified atom stereocenters. The monoisotopic (exact) mass is 284 g/mol. The van der Waals surface area contributed by atoms with Gasteiger partial charge in [-0.3, -0.25) is 4.79 Å². The van der Waals surface area contributed by atoms with Crippen LogP contribution in [0, 0.1) is 6.08 Å². The van der Waals surface area contributed by atoms with Crippen LogP contribution in [-0.2, 0) is 32.7 Å². The second kappa shape index (κ2) is 5.93. The largest absolute Gasteiger partial charge is 0.427 e. The minimum atomic E-state index is -0.0982. The van der Waals surface area contributed by atoms with Gasteiger partial charge in [0.2, 0.25) is 0 Å². The average Bonchev–Trinajstić information content (AvgIpc) is 2.53. The fraction of sp³-hybridized carbons (Fsp3) is 0.556. The van der Waals surface area contributed by atoms with Crippen molar-refractivity contribution in [1.29, 1.82) is 0 Å². The molecule has 0 saturated heterocycles. The van der Waals surface area contributed by atoms with Crippen molar-refractivity contribution in [3.63, 3.8) is 0 Å². The zero-order chi connectivity index (χ0) is 9.10. The van der Waals surface area contributed by atoms with Crippen LogP contribution in [0.1, 0.15) is 37.9 Å². The van der Waals surface area contributed by atoms with Gasteiger partial charge in [-0.25, -0.2) is 9.95 Å². The maximum Gasteiger partial charge on any atom is 0.321 e. The molecule has 1 heterocycles.